The van der Waals surface area contributed by atoms with Crippen molar-refractivity contribution in [2.24, 2.45) is 13.0 Å². The summed E-state index contributed by atoms with van der Waals surface area (Å²) in [5, 5.41) is 4.31. The fraction of sp³-hybridized carbons (Fsp3) is 0.609. The number of ether oxygens (including phenoxy) is 1. The van der Waals surface area contributed by atoms with Crippen LogP contribution in [0.3, 0.4) is 0 Å². The van der Waals surface area contributed by atoms with Gasteiger partial charge in [0.1, 0.15) is 5.56 Å². The molecule has 3 rings (SSSR count). The zero-order valence-electron chi connectivity index (χ0n) is 19.5. The van der Waals surface area contributed by atoms with Crippen molar-refractivity contribution in [1.29, 1.82) is 0 Å². The van der Waals surface area contributed by atoms with E-state index in [2.05, 4.69) is 23.8 Å². The third-order valence-electron chi connectivity index (χ3n) is 5.76. The van der Waals surface area contributed by atoms with Crippen LogP contribution in [0.5, 0.6) is 0 Å². The van der Waals surface area contributed by atoms with E-state index in [9.17, 15) is 9.59 Å². The van der Waals surface area contributed by atoms with Crippen molar-refractivity contribution in [3.05, 3.63) is 51.7 Å². The second-order valence-electron chi connectivity index (χ2n) is 9.12. The summed E-state index contributed by atoms with van der Waals surface area (Å²) in [5.74, 6) is 0.246. The molecule has 0 aliphatic carbocycles. The van der Waals surface area contributed by atoms with Crippen molar-refractivity contribution >= 4 is 5.91 Å². The Labute approximate surface area is 184 Å². The van der Waals surface area contributed by atoms with Crippen molar-refractivity contribution in [2.45, 2.75) is 45.9 Å². The van der Waals surface area contributed by atoms with Gasteiger partial charge in [-0.3, -0.25) is 14.3 Å². The van der Waals surface area contributed by atoms with Crippen LogP contribution in [0.1, 0.15) is 47.8 Å². The molecule has 0 bridgehead atoms. The van der Waals surface area contributed by atoms with Gasteiger partial charge in [0.25, 0.3) is 11.5 Å². The highest BCUT2D eigenvalue weighted by atomic mass is 16.5. The van der Waals surface area contributed by atoms with Crippen LogP contribution in [0.25, 0.3) is 0 Å². The number of carbonyl (C=O) groups excluding carboxylic acids is 1. The van der Waals surface area contributed by atoms with Crippen LogP contribution >= 0.6 is 0 Å². The van der Waals surface area contributed by atoms with Crippen molar-refractivity contribution in [3.8, 4) is 0 Å². The van der Waals surface area contributed by atoms with E-state index in [1.165, 1.54) is 0 Å². The normalized spacial score (nSPS) is 19.4. The molecule has 31 heavy (non-hydrogen) atoms. The fourth-order valence-corrected chi connectivity index (χ4v) is 4.10. The predicted molar refractivity (Wildman–Crippen MR) is 120 cm³/mol. The summed E-state index contributed by atoms with van der Waals surface area (Å²) >= 11 is 0. The first kappa shape index (κ1) is 23.2. The Hall–Kier alpha value is -2.45. The maximum atomic E-state index is 13.8. The minimum Gasteiger partial charge on any atom is -0.373 e. The minimum atomic E-state index is -0.305. The predicted octanol–water partition coefficient (Wildman–Crippen LogP) is 2.08. The number of hydrogen-bond acceptors (Lipinski definition) is 5. The first-order valence-electron chi connectivity index (χ1n) is 10.9. The van der Waals surface area contributed by atoms with Crippen LogP contribution in [0.4, 0.5) is 0 Å². The highest BCUT2D eigenvalue weighted by Gasteiger charge is 2.39. The van der Waals surface area contributed by atoms with Crippen molar-refractivity contribution in [1.82, 2.24) is 24.1 Å². The quantitative estimate of drug-likeness (QED) is 0.674. The number of morpholine rings is 1. The zero-order chi connectivity index (χ0) is 22.7. The first-order chi connectivity index (χ1) is 14.7. The first-order valence-corrected chi connectivity index (χ1v) is 10.9. The number of rotatable bonds is 7. The lowest BCUT2D eigenvalue weighted by Crippen LogP contribution is -2.52. The molecular weight excluding hydrogens is 394 g/mol. The van der Waals surface area contributed by atoms with E-state index in [1.807, 2.05) is 40.3 Å². The van der Waals surface area contributed by atoms with Gasteiger partial charge in [0.2, 0.25) is 0 Å². The number of carbonyl (C=O) groups is 1. The van der Waals surface area contributed by atoms with Crippen LogP contribution in [-0.4, -0.2) is 70.0 Å². The monoisotopic (exact) mass is 429 g/mol. The Morgan fingerprint density at radius 3 is 2.71 bits per heavy atom. The van der Waals surface area contributed by atoms with Gasteiger partial charge >= 0.3 is 0 Å². The number of nitrogens with zero attached hydrogens (tertiary/aromatic N) is 5. The lowest BCUT2D eigenvalue weighted by atomic mass is 9.98. The molecule has 0 unspecified atom stereocenters. The van der Waals surface area contributed by atoms with Gasteiger partial charge in [0, 0.05) is 44.6 Å². The molecule has 0 radical (unpaired) electrons. The van der Waals surface area contributed by atoms with Crippen molar-refractivity contribution < 1.29 is 9.53 Å². The second-order valence-corrected chi connectivity index (χ2v) is 9.12. The number of hydrogen-bond donors (Lipinski definition) is 0. The van der Waals surface area contributed by atoms with E-state index in [0.717, 1.165) is 12.0 Å². The molecule has 1 saturated heterocycles. The Kier molecular flexibility index (Phi) is 7.33. The van der Waals surface area contributed by atoms with Gasteiger partial charge in [0.05, 0.1) is 24.9 Å². The van der Waals surface area contributed by atoms with E-state index in [0.29, 0.717) is 37.7 Å². The molecule has 2 aromatic rings. The van der Waals surface area contributed by atoms with Gasteiger partial charge in [-0.05, 0) is 45.0 Å². The molecule has 8 nitrogen and oxygen atoms in total. The number of aryl methyl sites for hydroxylation is 3. The maximum absolute atomic E-state index is 13.8. The average Bonchev–Trinajstić information content (AvgIpc) is 3.12. The van der Waals surface area contributed by atoms with Gasteiger partial charge in [0.15, 0.2) is 0 Å². The number of amides is 1. The standard InChI is InChI=1S/C23H35N5O3/c1-16(2)7-9-27-10-8-17(3)20(22(27)29)23(30)28-11-12-31-19(15-25(4)5)21(28)18-13-24-26(6)14-18/h8,10,13-14,16,19,21H,7,9,11-12,15H2,1-6H3/t19-,21-/m0/s1. The fourth-order valence-electron chi connectivity index (χ4n) is 4.10. The smallest absolute Gasteiger partial charge is 0.263 e. The van der Waals surface area contributed by atoms with E-state index in [-0.39, 0.29) is 29.2 Å². The lowest BCUT2D eigenvalue weighted by Gasteiger charge is -2.42. The van der Waals surface area contributed by atoms with Gasteiger partial charge in [-0.2, -0.15) is 5.10 Å². The van der Waals surface area contributed by atoms with E-state index in [4.69, 9.17) is 4.74 Å². The molecule has 2 atom stereocenters. The van der Waals surface area contributed by atoms with Gasteiger partial charge in [-0.1, -0.05) is 13.8 Å². The van der Waals surface area contributed by atoms with Crippen molar-refractivity contribution in [2.75, 3.05) is 33.8 Å². The summed E-state index contributed by atoms with van der Waals surface area (Å²) in [5.41, 5.74) is 1.66. The maximum Gasteiger partial charge on any atom is 0.263 e. The highest BCUT2D eigenvalue weighted by molar-refractivity contribution is 5.95. The molecular formula is C23H35N5O3. The summed E-state index contributed by atoms with van der Waals surface area (Å²) in [4.78, 5) is 30.9. The van der Waals surface area contributed by atoms with Crippen molar-refractivity contribution in [3.63, 3.8) is 0 Å². The average molecular weight is 430 g/mol. The summed E-state index contributed by atoms with van der Waals surface area (Å²) in [6.07, 6.45) is 6.17. The highest BCUT2D eigenvalue weighted by Crippen LogP contribution is 2.31. The van der Waals surface area contributed by atoms with Crippen LogP contribution in [-0.2, 0) is 18.3 Å². The molecule has 0 N–H and O–H groups in total. The summed E-state index contributed by atoms with van der Waals surface area (Å²) in [6, 6.07) is 1.56. The molecule has 1 aliphatic heterocycles. The van der Waals surface area contributed by atoms with E-state index in [1.54, 1.807) is 26.5 Å². The Balaban J connectivity index is 2.00. The van der Waals surface area contributed by atoms with Gasteiger partial charge < -0.3 is 19.1 Å². The topological polar surface area (TPSA) is 72.6 Å². The Morgan fingerprint density at radius 2 is 2.10 bits per heavy atom. The largest absolute Gasteiger partial charge is 0.373 e. The molecule has 0 aromatic carbocycles. The van der Waals surface area contributed by atoms with Crippen LogP contribution in [0.15, 0.2) is 29.5 Å². The molecule has 1 aliphatic rings. The van der Waals surface area contributed by atoms with Crippen LogP contribution in [0, 0.1) is 12.8 Å². The molecule has 0 saturated carbocycles. The third-order valence-corrected chi connectivity index (χ3v) is 5.76. The van der Waals surface area contributed by atoms with E-state index >= 15 is 0 Å². The van der Waals surface area contributed by atoms with Gasteiger partial charge in [-0.25, -0.2) is 0 Å². The molecule has 8 heteroatoms. The van der Waals surface area contributed by atoms with Crippen LogP contribution < -0.4 is 5.56 Å². The van der Waals surface area contributed by atoms with Gasteiger partial charge in [-0.15, -0.1) is 0 Å². The summed E-state index contributed by atoms with van der Waals surface area (Å²) in [6.45, 7) is 8.23. The minimum absolute atomic E-state index is 0.205. The molecule has 1 amide bonds. The number of aromatic nitrogens is 3. The second kappa shape index (κ2) is 9.78. The Morgan fingerprint density at radius 1 is 1.35 bits per heavy atom. The molecule has 3 heterocycles. The summed E-state index contributed by atoms with van der Waals surface area (Å²) < 4.78 is 9.47. The molecule has 1 fully saturated rings. The molecule has 0 spiro atoms. The lowest BCUT2D eigenvalue weighted by molar-refractivity contribution is -0.0685. The zero-order valence-corrected chi connectivity index (χ0v) is 19.5. The summed E-state index contributed by atoms with van der Waals surface area (Å²) in [7, 11) is 5.83. The molecule has 170 valence electrons. The number of likely N-dealkylation sites (N-methyl/N-ethyl adjacent to an activating group) is 1. The SMILES string of the molecule is Cc1ccn(CCC(C)C)c(=O)c1C(=O)N1CCO[C@@H](CN(C)C)[C@@H]1c1cnn(C)c1. The van der Waals surface area contributed by atoms with E-state index < -0.39 is 0 Å². The third kappa shape index (κ3) is 5.25. The number of pyridine rings is 1. The van der Waals surface area contributed by atoms with Crippen LogP contribution in [0.2, 0.25) is 0 Å². The molecule has 2 aromatic heterocycles. The Bertz CT molecular complexity index is 962.